The zero-order valence-corrected chi connectivity index (χ0v) is 24.9. The lowest BCUT2D eigenvalue weighted by atomic mass is 10.1. The zero-order chi connectivity index (χ0) is 27.4. The molecule has 0 atom stereocenters. The number of para-hydroxylation sites is 1. The van der Waals surface area contributed by atoms with Gasteiger partial charge in [-0.2, -0.15) is 0 Å². The van der Waals surface area contributed by atoms with Crippen LogP contribution in [0.25, 0.3) is 44.7 Å². The molecule has 0 N–H and O–H groups in total. The van der Waals surface area contributed by atoms with E-state index in [2.05, 4.69) is 178 Å². The van der Waals surface area contributed by atoms with E-state index in [1.807, 2.05) is 0 Å². The molecule has 1 aliphatic heterocycles. The summed E-state index contributed by atoms with van der Waals surface area (Å²) in [6.07, 6.45) is 2.38. The second kappa shape index (κ2) is 9.59. The highest BCUT2D eigenvalue weighted by molar-refractivity contribution is 9.10. The third-order valence-electron chi connectivity index (χ3n) is 8.54. The molecule has 41 heavy (non-hydrogen) atoms. The highest BCUT2D eigenvalue weighted by Gasteiger charge is 2.41. The number of benzene rings is 6. The highest BCUT2D eigenvalue weighted by atomic mass is 79.9. The molecular weight excluding hydrogens is 578 g/mol. The molecule has 0 amide bonds. The van der Waals surface area contributed by atoms with Gasteiger partial charge in [0.05, 0.1) is 11.0 Å². The van der Waals surface area contributed by atoms with Crippen LogP contribution in [0.2, 0.25) is 0 Å². The fourth-order valence-corrected chi connectivity index (χ4v) is 11.2. The molecule has 0 spiro atoms. The van der Waals surface area contributed by atoms with Gasteiger partial charge in [-0.3, -0.25) is 0 Å². The Labute approximate surface area is 249 Å². The summed E-state index contributed by atoms with van der Waals surface area (Å²) >= 11 is 3.56. The molecule has 8 rings (SSSR count). The van der Waals surface area contributed by atoms with Crippen LogP contribution in [-0.4, -0.2) is 12.6 Å². The van der Waals surface area contributed by atoms with Gasteiger partial charge >= 0.3 is 0 Å². The van der Waals surface area contributed by atoms with Gasteiger partial charge < -0.3 is 4.57 Å². The number of rotatable bonds is 4. The van der Waals surface area contributed by atoms with Crippen LogP contribution in [0.1, 0.15) is 5.56 Å². The first kappa shape index (κ1) is 24.4. The van der Waals surface area contributed by atoms with Crippen LogP contribution < -0.4 is 15.6 Å². The van der Waals surface area contributed by atoms with Gasteiger partial charge in [-0.1, -0.05) is 131 Å². The van der Waals surface area contributed by atoms with Crippen molar-refractivity contribution in [1.29, 1.82) is 0 Å². The first-order valence-corrected chi connectivity index (χ1v) is 16.8. The Bertz CT molecular complexity index is 2030. The van der Waals surface area contributed by atoms with Gasteiger partial charge in [0.1, 0.15) is 0 Å². The molecule has 1 aromatic heterocycles. The van der Waals surface area contributed by atoms with Crippen molar-refractivity contribution >= 4 is 67.4 Å². The monoisotopic (exact) mass is 603 g/mol. The first-order valence-electron chi connectivity index (χ1n) is 14.0. The highest BCUT2D eigenvalue weighted by Crippen LogP contribution is 2.35. The summed E-state index contributed by atoms with van der Waals surface area (Å²) in [5.74, 6) is 0. The normalized spacial score (nSPS) is 13.6. The van der Waals surface area contributed by atoms with E-state index in [-0.39, 0.29) is 0 Å². The minimum absolute atomic E-state index is 1.09. The van der Waals surface area contributed by atoms with Crippen molar-refractivity contribution in [3.63, 3.8) is 0 Å². The molecule has 3 heteroatoms. The lowest BCUT2D eigenvalue weighted by Crippen LogP contribution is -2.65. The molecule has 1 nitrogen and oxygen atoms in total. The fourth-order valence-electron chi connectivity index (χ4n) is 6.61. The molecule has 1 aliphatic rings. The summed E-state index contributed by atoms with van der Waals surface area (Å²) in [5, 5.41) is 6.88. The summed E-state index contributed by atoms with van der Waals surface area (Å²) in [6.45, 7) is 0. The molecule has 6 aromatic carbocycles. The minimum Gasteiger partial charge on any atom is -0.309 e. The standard InChI is InChI=1S/C38H26BrNSi/c39-30-19-15-27(16-20-30)28-17-21-31(22-18-28)40-36-14-8-7-13-34(36)35-25-29-23-24-41(38(29)26-37(35)40,32-9-3-1-4-10-32)33-11-5-2-6-12-33/h1-26H. The molecule has 0 saturated heterocycles. The van der Waals surface area contributed by atoms with Crippen LogP contribution in [0.3, 0.4) is 0 Å². The Hall–Kier alpha value is -4.44. The van der Waals surface area contributed by atoms with Crippen LogP contribution in [0, 0.1) is 0 Å². The quantitative estimate of drug-likeness (QED) is 0.178. The lowest BCUT2D eigenvalue weighted by molar-refractivity contribution is 1.18. The lowest BCUT2D eigenvalue weighted by Gasteiger charge is -2.28. The van der Waals surface area contributed by atoms with E-state index < -0.39 is 8.07 Å². The number of aromatic nitrogens is 1. The van der Waals surface area contributed by atoms with Gasteiger partial charge in [0.2, 0.25) is 0 Å². The van der Waals surface area contributed by atoms with E-state index in [0.29, 0.717) is 0 Å². The number of hydrogen-bond donors (Lipinski definition) is 0. The van der Waals surface area contributed by atoms with Crippen LogP contribution in [0.5, 0.6) is 0 Å². The van der Waals surface area contributed by atoms with Gasteiger partial charge in [0.15, 0.2) is 8.07 Å². The van der Waals surface area contributed by atoms with Gasteiger partial charge in [-0.15, -0.1) is 0 Å². The van der Waals surface area contributed by atoms with Crippen molar-refractivity contribution in [3.05, 3.63) is 161 Å². The fraction of sp³-hybridized carbons (Fsp3) is 0. The second-order valence-electron chi connectivity index (χ2n) is 10.7. The van der Waals surface area contributed by atoms with E-state index in [9.17, 15) is 0 Å². The van der Waals surface area contributed by atoms with Gasteiger partial charge in [-0.05, 0) is 74.7 Å². The van der Waals surface area contributed by atoms with Crippen molar-refractivity contribution in [2.24, 2.45) is 0 Å². The summed E-state index contributed by atoms with van der Waals surface area (Å²) in [4.78, 5) is 0. The third kappa shape index (κ3) is 3.81. The van der Waals surface area contributed by atoms with Crippen LogP contribution in [-0.2, 0) is 0 Å². The molecule has 0 radical (unpaired) electrons. The summed E-state index contributed by atoms with van der Waals surface area (Å²) in [7, 11) is -2.35. The smallest absolute Gasteiger partial charge is 0.173 e. The van der Waals surface area contributed by atoms with Crippen LogP contribution in [0.15, 0.2) is 156 Å². The average Bonchev–Trinajstić information content (AvgIpc) is 3.57. The van der Waals surface area contributed by atoms with Crippen molar-refractivity contribution in [1.82, 2.24) is 4.57 Å². The van der Waals surface area contributed by atoms with Crippen molar-refractivity contribution in [3.8, 4) is 16.8 Å². The number of hydrogen-bond acceptors (Lipinski definition) is 0. The molecule has 194 valence electrons. The maximum Gasteiger partial charge on any atom is 0.173 e. The summed E-state index contributed by atoms with van der Waals surface area (Å²) in [5.41, 5.74) is 9.96. The molecule has 0 fully saturated rings. The molecule has 0 saturated carbocycles. The van der Waals surface area contributed by atoms with Crippen LogP contribution >= 0.6 is 15.9 Å². The van der Waals surface area contributed by atoms with E-state index in [4.69, 9.17) is 0 Å². The SMILES string of the molecule is Brc1ccc(-c2ccc(-n3c4ccccc4c4cc5c(cc43)[Si](c3ccccc3)(c3ccccc3)C=C5)cc2)cc1. The predicted molar refractivity (Wildman–Crippen MR) is 180 cm³/mol. The maximum absolute atomic E-state index is 3.56. The average molecular weight is 605 g/mol. The molecule has 0 unspecified atom stereocenters. The molecule has 0 aliphatic carbocycles. The Kier molecular flexibility index (Phi) is 5.70. The minimum atomic E-state index is -2.35. The Morgan fingerprint density at radius 3 is 1.76 bits per heavy atom. The molecular formula is C38H26BrNSi. The maximum atomic E-state index is 3.56. The Balaban J connectivity index is 1.38. The van der Waals surface area contributed by atoms with Crippen LogP contribution in [0.4, 0.5) is 0 Å². The third-order valence-corrected chi connectivity index (χ3v) is 13.5. The number of nitrogens with zero attached hydrogens (tertiary/aromatic N) is 1. The van der Waals surface area contributed by atoms with Crippen molar-refractivity contribution < 1.29 is 0 Å². The Morgan fingerprint density at radius 1 is 0.512 bits per heavy atom. The molecule has 0 bridgehead atoms. The van der Waals surface area contributed by atoms with E-state index >= 15 is 0 Å². The summed E-state index contributed by atoms with van der Waals surface area (Å²) < 4.78 is 3.54. The number of halogens is 1. The van der Waals surface area contributed by atoms with Gasteiger partial charge in [-0.25, -0.2) is 0 Å². The van der Waals surface area contributed by atoms with E-state index in [1.54, 1.807) is 0 Å². The van der Waals surface area contributed by atoms with E-state index in [1.165, 1.54) is 59.7 Å². The van der Waals surface area contributed by atoms with Gasteiger partial charge in [0, 0.05) is 20.9 Å². The van der Waals surface area contributed by atoms with Gasteiger partial charge in [0.25, 0.3) is 0 Å². The number of fused-ring (bicyclic) bond motifs is 4. The predicted octanol–water partition coefficient (Wildman–Crippen LogP) is 8.25. The summed E-state index contributed by atoms with van der Waals surface area (Å²) in [6, 6.07) is 53.5. The topological polar surface area (TPSA) is 4.93 Å². The first-order chi connectivity index (χ1) is 20.2. The molecule has 7 aromatic rings. The zero-order valence-electron chi connectivity index (χ0n) is 22.3. The largest absolute Gasteiger partial charge is 0.309 e. The second-order valence-corrected chi connectivity index (χ2v) is 15.3. The van der Waals surface area contributed by atoms with Crippen molar-refractivity contribution in [2.45, 2.75) is 0 Å². The van der Waals surface area contributed by atoms with E-state index in [0.717, 1.165) is 4.47 Å². The molecule has 2 heterocycles. The Morgan fingerprint density at radius 2 is 1.10 bits per heavy atom. The van der Waals surface area contributed by atoms with Crippen molar-refractivity contribution in [2.75, 3.05) is 0 Å².